The number of nitrogens with one attached hydrogen (secondary N) is 4. The zero-order chi connectivity index (χ0) is 48.5. The van der Waals surface area contributed by atoms with Crippen LogP contribution in [0.5, 0.6) is 17.2 Å². The highest BCUT2D eigenvalue weighted by atomic mass is 16.7. The van der Waals surface area contributed by atoms with Crippen LogP contribution in [-0.4, -0.2) is 154 Å². The fourth-order valence-corrected chi connectivity index (χ4v) is 7.14. The molecule has 1 fully saturated rings. The van der Waals surface area contributed by atoms with Gasteiger partial charge in [-0.3, -0.25) is 38.6 Å². The monoisotopic (exact) mass is 939 g/mol. The highest BCUT2D eigenvalue weighted by molar-refractivity contribution is 5.95. The van der Waals surface area contributed by atoms with E-state index in [0.717, 1.165) is 11.1 Å². The molecule has 0 spiro atoms. The van der Waals surface area contributed by atoms with E-state index in [2.05, 4.69) is 26.3 Å². The zero-order valence-corrected chi connectivity index (χ0v) is 37.8. The average Bonchev–Trinajstić information content (AvgIpc) is 3.98. The molecule has 5 amide bonds. The highest BCUT2D eigenvalue weighted by Crippen LogP contribution is 2.39. The standard InChI is InChI=1S/C44H57N7O16/c1-26-16-29-17-36-37(66-25-65-36)19-32(29)47-21-30-18-35(31(24-61-4)42(58)51(30)23-26)67-44(60)27(2)48-41(57)34-6-5-9-50(34)43(59)33(20-40(55)56)49-38(53)7-10-62-12-14-64-15-13-63-11-8-45-39(54)22-46-28(3)52/h16-19,21,27,33-34H,5-15,20,22-25H2,1-4H3,(H,45,54)(H,46,52)(H,48,57)(H,49,53)(H,55,56)/b26-16+,47-21?/t27?,33-,34-/m0/s1. The van der Waals surface area contributed by atoms with Crippen LogP contribution in [0.2, 0.25) is 0 Å². The Morgan fingerprint density at radius 2 is 1.63 bits per heavy atom. The lowest BCUT2D eigenvalue weighted by molar-refractivity contribution is -0.146. The number of benzene rings is 1. The van der Waals surface area contributed by atoms with Crippen molar-refractivity contribution in [3.8, 4) is 17.2 Å². The van der Waals surface area contributed by atoms with Crippen molar-refractivity contribution in [1.82, 2.24) is 30.7 Å². The van der Waals surface area contributed by atoms with Crippen molar-refractivity contribution in [1.29, 1.82) is 0 Å². The second-order valence-electron chi connectivity index (χ2n) is 15.7. The molecule has 1 aromatic heterocycles. The van der Waals surface area contributed by atoms with Crippen LogP contribution in [0.4, 0.5) is 5.69 Å². The summed E-state index contributed by atoms with van der Waals surface area (Å²) in [5.41, 5.74) is 2.00. The van der Waals surface area contributed by atoms with Crippen molar-refractivity contribution >= 4 is 59.5 Å². The molecule has 1 saturated heterocycles. The topological polar surface area (TPSA) is 290 Å². The fourth-order valence-electron chi connectivity index (χ4n) is 7.14. The number of rotatable bonds is 24. The Balaban J connectivity index is 1.10. The van der Waals surface area contributed by atoms with Crippen LogP contribution in [-0.2, 0) is 65.7 Å². The van der Waals surface area contributed by atoms with Crippen LogP contribution in [0.15, 0.2) is 33.6 Å². The number of aliphatic carboxylic acids is 1. The van der Waals surface area contributed by atoms with Crippen molar-refractivity contribution in [3.05, 3.63) is 50.9 Å². The van der Waals surface area contributed by atoms with Gasteiger partial charge in [-0.25, -0.2) is 4.79 Å². The van der Waals surface area contributed by atoms with E-state index in [4.69, 9.17) is 33.2 Å². The largest absolute Gasteiger partial charge is 0.481 e. The third-order valence-electron chi connectivity index (χ3n) is 10.4. The molecule has 4 heterocycles. The van der Waals surface area contributed by atoms with Crippen LogP contribution in [0.1, 0.15) is 63.3 Å². The number of ether oxygens (including phenoxy) is 7. The lowest BCUT2D eigenvalue weighted by Crippen LogP contribution is -2.55. The fraction of sp³-hybridized carbons (Fsp3) is 0.523. The predicted octanol–water partition coefficient (Wildman–Crippen LogP) is -0.0563. The van der Waals surface area contributed by atoms with Gasteiger partial charge in [0.05, 0.1) is 82.4 Å². The Bertz CT molecular complexity index is 2280. The molecular formula is C44H57N7O16. The van der Waals surface area contributed by atoms with Crippen molar-refractivity contribution in [2.45, 2.75) is 77.7 Å². The third kappa shape index (κ3) is 15.2. The van der Waals surface area contributed by atoms with Gasteiger partial charge in [0.1, 0.15) is 23.9 Å². The summed E-state index contributed by atoms with van der Waals surface area (Å²) in [6, 6.07) is 1.17. The summed E-state index contributed by atoms with van der Waals surface area (Å²) in [6.45, 7) is 5.86. The second-order valence-corrected chi connectivity index (χ2v) is 15.7. The summed E-state index contributed by atoms with van der Waals surface area (Å²) in [5, 5.41) is 19.6. The average molecular weight is 940 g/mol. The molecule has 0 bridgehead atoms. The molecule has 0 saturated carbocycles. The molecule has 23 heteroatoms. The minimum absolute atomic E-state index is 0.0498. The van der Waals surface area contributed by atoms with Gasteiger partial charge >= 0.3 is 11.9 Å². The van der Waals surface area contributed by atoms with E-state index in [1.807, 2.05) is 13.0 Å². The second kappa shape index (κ2) is 25.3. The first-order chi connectivity index (χ1) is 32.1. The van der Waals surface area contributed by atoms with E-state index in [0.29, 0.717) is 29.3 Å². The maximum absolute atomic E-state index is 13.9. The molecule has 3 aliphatic heterocycles. The van der Waals surface area contributed by atoms with Crippen LogP contribution >= 0.6 is 0 Å². The van der Waals surface area contributed by atoms with E-state index in [9.17, 15) is 43.5 Å². The minimum Gasteiger partial charge on any atom is -0.481 e. The van der Waals surface area contributed by atoms with Crippen LogP contribution in [0.25, 0.3) is 6.08 Å². The normalized spacial score (nSPS) is 16.4. The van der Waals surface area contributed by atoms with E-state index >= 15 is 0 Å². The summed E-state index contributed by atoms with van der Waals surface area (Å²) >= 11 is 0. The number of carbonyl (C=O) groups excluding carboxylic acids is 6. The van der Waals surface area contributed by atoms with Gasteiger partial charge in [-0.2, -0.15) is 0 Å². The molecule has 3 aliphatic rings. The van der Waals surface area contributed by atoms with Crippen LogP contribution in [0.3, 0.4) is 0 Å². The summed E-state index contributed by atoms with van der Waals surface area (Å²) in [6.07, 6.45) is 3.01. The van der Waals surface area contributed by atoms with Gasteiger partial charge in [-0.1, -0.05) is 11.6 Å². The molecule has 5 rings (SSSR count). The molecule has 1 aromatic carbocycles. The van der Waals surface area contributed by atoms with Gasteiger partial charge in [-0.15, -0.1) is 0 Å². The first-order valence-electron chi connectivity index (χ1n) is 21.6. The maximum atomic E-state index is 13.9. The van der Waals surface area contributed by atoms with E-state index in [1.165, 1.54) is 42.7 Å². The first-order valence-corrected chi connectivity index (χ1v) is 21.6. The van der Waals surface area contributed by atoms with Crippen LogP contribution < -0.4 is 41.0 Å². The quantitative estimate of drug-likeness (QED) is 0.0681. The smallest absolute Gasteiger partial charge is 0.333 e. The minimum atomic E-state index is -1.49. The first kappa shape index (κ1) is 51.3. The Morgan fingerprint density at radius 3 is 2.33 bits per heavy atom. The number of carboxylic acid groups (broad SMARTS) is 1. The summed E-state index contributed by atoms with van der Waals surface area (Å²) in [7, 11) is 1.39. The molecule has 5 N–H and O–H groups in total. The molecular weight excluding hydrogens is 883 g/mol. The van der Waals surface area contributed by atoms with Gasteiger partial charge in [-0.05, 0) is 32.8 Å². The molecule has 23 nitrogen and oxygen atoms in total. The number of carbonyl (C=O) groups is 7. The predicted molar refractivity (Wildman–Crippen MR) is 236 cm³/mol. The Morgan fingerprint density at radius 1 is 0.925 bits per heavy atom. The molecule has 364 valence electrons. The van der Waals surface area contributed by atoms with E-state index in [-0.39, 0.29) is 115 Å². The number of hydrogen-bond donors (Lipinski definition) is 5. The van der Waals surface area contributed by atoms with Crippen molar-refractivity contribution in [2.75, 3.05) is 73.2 Å². The van der Waals surface area contributed by atoms with Gasteiger partial charge < -0.3 is 69.0 Å². The molecule has 0 radical (unpaired) electrons. The Labute approximate surface area is 385 Å². The number of carboxylic acids is 1. The molecule has 2 aromatic rings. The van der Waals surface area contributed by atoms with Crippen molar-refractivity contribution in [2.24, 2.45) is 4.99 Å². The number of allylic oxidation sites excluding steroid dienone is 1. The molecule has 0 aliphatic carbocycles. The molecule has 1 unspecified atom stereocenters. The lowest BCUT2D eigenvalue weighted by atomic mass is 10.1. The summed E-state index contributed by atoms with van der Waals surface area (Å²) in [5.74, 6) is -4.07. The number of likely N-dealkylation sites (tertiary alicyclic amines) is 1. The van der Waals surface area contributed by atoms with E-state index in [1.54, 1.807) is 12.1 Å². The number of fused-ring (bicyclic) bond motifs is 3. The molecule has 3 atom stereocenters. The van der Waals surface area contributed by atoms with Crippen LogP contribution in [0, 0.1) is 0 Å². The summed E-state index contributed by atoms with van der Waals surface area (Å²) < 4.78 is 39.7. The Kier molecular flexibility index (Phi) is 19.4. The SMILES string of the molecule is COCc1c(OC(=O)C(C)NC(=O)[C@@H]2CCCN2C(=O)[C@H](CC(=O)O)NC(=O)CCOCCOCCOCCNC(=O)CNC(C)=O)cc2n(c1=O)C/C(C)=C/c1cc3c(cc1N=C2)OCO3. The number of aromatic nitrogens is 1. The zero-order valence-electron chi connectivity index (χ0n) is 37.8. The van der Waals surface area contributed by atoms with Gasteiger partial charge in [0, 0.05) is 57.8 Å². The maximum Gasteiger partial charge on any atom is 0.333 e. The van der Waals surface area contributed by atoms with Gasteiger partial charge in [0.25, 0.3) is 5.56 Å². The number of methoxy groups -OCH3 is 1. The highest BCUT2D eigenvalue weighted by Gasteiger charge is 2.39. The lowest BCUT2D eigenvalue weighted by Gasteiger charge is -2.28. The van der Waals surface area contributed by atoms with Gasteiger partial charge in [0.15, 0.2) is 11.5 Å². The third-order valence-corrected chi connectivity index (χ3v) is 10.4. The number of aliphatic imine (C=N–C) groups is 1. The van der Waals surface area contributed by atoms with Gasteiger partial charge in [0.2, 0.25) is 36.3 Å². The number of amides is 5. The van der Waals surface area contributed by atoms with Crippen molar-refractivity contribution < 1.29 is 71.8 Å². The Hall–Kier alpha value is -6.69. The molecule has 67 heavy (non-hydrogen) atoms. The number of esters is 1. The summed E-state index contributed by atoms with van der Waals surface area (Å²) in [4.78, 5) is 107. The number of hydrogen-bond acceptors (Lipinski definition) is 16. The number of nitrogens with zero attached hydrogens (tertiary/aromatic N) is 3. The number of pyridine rings is 1. The van der Waals surface area contributed by atoms with Crippen molar-refractivity contribution in [3.63, 3.8) is 0 Å². The van der Waals surface area contributed by atoms with E-state index < -0.39 is 59.8 Å².